The summed E-state index contributed by atoms with van der Waals surface area (Å²) in [5, 5.41) is 4.51. The third kappa shape index (κ3) is 3.74. The lowest BCUT2D eigenvalue weighted by molar-refractivity contribution is -0.669. The molecule has 0 fully saturated rings. The van der Waals surface area contributed by atoms with Crippen LogP contribution in [-0.4, -0.2) is 6.54 Å². The Bertz CT molecular complexity index is 425. The van der Waals surface area contributed by atoms with Gasteiger partial charge in [-0.05, 0) is 27.6 Å². The van der Waals surface area contributed by atoms with Gasteiger partial charge in [-0.1, -0.05) is 30.3 Å². The van der Waals surface area contributed by atoms with Gasteiger partial charge >= 0.3 is 0 Å². The Labute approximate surface area is 109 Å². The van der Waals surface area contributed by atoms with E-state index in [1.165, 1.54) is 14.9 Å². The van der Waals surface area contributed by atoms with Gasteiger partial charge in [0, 0.05) is 16.3 Å². The minimum Gasteiger partial charge on any atom is -0.342 e. The molecule has 0 radical (unpaired) electrons. The zero-order valence-electron chi connectivity index (χ0n) is 9.03. The highest BCUT2D eigenvalue weighted by molar-refractivity contribution is 9.10. The van der Waals surface area contributed by atoms with Crippen LogP contribution < -0.4 is 5.32 Å². The molecule has 0 aliphatic heterocycles. The van der Waals surface area contributed by atoms with Crippen molar-refractivity contribution in [2.45, 2.75) is 13.0 Å². The lowest BCUT2D eigenvalue weighted by Crippen LogP contribution is -2.82. The van der Waals surface area contributed by atoms with Crippen molar-refractivity contribution in [1.82, 2.24) is 0 Å². The Kier molecular flexibility index (Phi) is 4.57. The Morgan fingerprint density at radius 2 is 2.00 bits per heavy atom. The maximum Gasteiger partial charge on any atom is 0.111 e. The van der Waals surface area contributed by atoms with Crippen LogP contribution in [-0.2, 0) is 13.0 Å². The first kappa shape index (κ1) is 11.8. The van der Waals surface area contributed by atoms with Gasteiger partial charge in [0.15, 0.2) is 0 Å². The Morgan fingerprint density at radius 1 is 1.19 bits per heavy atom. The summed E-state index contributed by atoms with van der Waals surface area (Å²) in [4.78, 5) is 1.43. The summed E-state index contributed by atoms with van der Waals surface area (Å²) < 4.78 is 1.20. The molecule has 0 bridgehead atoms. The van der Waals surface area contributed by atoms with Crippen LogP contribution >= 0.6 is 27.3 Å². The lowest BCUT2D eigenvalue weighted by Gasteiger charge is -2.00. The Hall–Kier alpha value is -0.640. The van der Waals surface area contributed by atoms with E-state index < -0.39 is 0 Å². The molecule has 1 aromatic carbocycles. The van der Waals surface area contributed by atoms with Gasteiger partial charge in [0.05, 0.1) is 11.4 Å². The number of quaternary nitrogens is 1. The average Bonchev–Trinajstić information content (AvgIpc) is 2.72. The minimum absolute atomic E-state index is 1.09. The Balaban J connectivity index is 1.69. The molecular weight excluding hydrogens is 282 g/mol. The highest BCUT2D eigenvalue weighted by Crippen LogP contribution is 2.18. The van der Waals surface area contributed by atoms with E-state index in [1.807, 2.05) is 11.3 Å². The average molecular weight is 297 g/mol. The first-order chi connectivity index (χ1) is 7.84. The van der Waals surface area contributed by atoms with Gasteiger partial charge in [0.2, 0.25) is 0 Å². The molecule has 0 spiro atoms. The normalized spacial score (nSPS) is 10.6. The van der Waals surface area contributed by atoms with Gasteiger partial charge in [-0.3, -0.25) is 0 Å². The zero-order valence-corrected chi connectivity index (χ0v) is 11.4. The predicted octanol–water partition coefficient (Wildman–Crippen LogP) is 2.82. The molecule has 1 nitrogen and oxygen atoms in total. The van der Waals surface area contributed by atoms with E-state index >= 15 is 0 Å². The van der Waals surface area contributed by atoms with Crippen molar-refractivity contribution in [1.29, 1.82) is 0 Å². The number of hydrogen-bond acceptors (Lipinski definition) is 1. The standard InChI is InChI=1S/C13H14BrNS/c14-12-8-13(16-10-12)9-15-7-6-11-4-2-1-3-5-11/h1-5,8,10,15H,6-7,9H2/p+1. The summed E-state index contributed by atoms with van der Waals surface area (Å²) in [5.41, 5.74) is 1.42. The molecule has 0 unspecified atom stereocenters. The molecule has 2 aromatic rings. The van der Waals surface area contributed by atoms with Crippen molar-refractivity contribution in [2.75, 3.05) is 6.54 Å². The molecule has 0 saturated carbocycles. The molecular formula is C13H15BrNS+. The molecule has 84 valence electrons. The molecule has 3 heteroatoms. The zero-order chi connectivity index (χ0) is 11.2. The van der Waals surface area contributed by atoms with E-state index in [2.05, 4.69) is 63.0 Å². The van der Waals surface area contributed by atoms with E-state index in [1.54, 1.807) is 0 Å². The summed E-state index contributed by atoms with van der Waals surface area (Å²) in [6.45, 7) is 2.24. The molecule has 2 N–H and O–H groups in total. The fourth-order valence-corrected chi connectivity index (χ4v) is 3.07. The minimum atomic E-state index is 1.09. The molecule has 0 aliphatic carbocycles. The lowest BCUT2D eigenvalue weighted by atomic mass is 10.1. The third-order valence-electron chi connectivity index (χ3n) is 2.45. The van der Waals surface area contributed by atoms with Crippen molar-refractivity contribution in [3.63, 3.8) is 0 Å². The van der Waals surface area contributed by atoms with Gasteiger partial charge in [0.25, 0.3) is 0 Å². The van der Waals surface area contributed by atoms with Crippen molar-refractivity contribution < 1.29 is 5.32 Å². The van der Waals surface area contributed by atoms with Crippen LogP contribution in [0.4, 0.5) is 0 Å². The number of halogens is 1. The van der Waals surface area contributed by atoms with Gasteiger partial charge in [-0.15, -0.1) is 11.3 Å². The quantitative estimate of drug-likeness (QED) is 0.817. The monoisotopic (exact) mass is 296 g/mol. The van der Waals surface area contributed by atoms with E-state index in [0.29, 0.717) is 0 Å². The fourth-order valence-electron chi connectivity index (χ4n) is 1.62. The summed E-state index contributed by atoms with van der Waals surface area (Å²) in [5.74, 6) is 0. The Morgan fingerprint density at radius 3 is 2.69 bits per heavy atom. The number of thiophene rings is 1. The first-order valence-electron chi connectivity index (χ1n) is 5.43. The number of benzene rings is 1. The van der Waals surface area contributed by atoms with E-state index in [4.69, 9.17) is 0 Å². The molecule has 16 heavy (non-hydrogen) atoms. The topological polar surface area (TPSA) is 16.6 Å². The van der Waals surface area contributed by atoms with Crippen molar-refractivity contribution in [2.24, 2.45) is 0 Å². The van der Waals surface area contributed by atoms with Crippen LogP contribution in [0.25, 0.3) is 0 Å². The van der Waals surface area contributed by atoms with Crippen LogP contribution in [0.3, 0.4) is 0 Å². The largest absolute Gasteiger partial charge is 0.342 e. The molecule has 0 atom stereocenters. The molecule has 0 saturated heterocycles. The molecule has 2 rings (SSSR count). The highest BCUT2D eigenvalue weighted by atomic mass is 79.9. The van der Waals surface area contributed by atoms with Crippen molar-refractivity contribution in [3.05, 3.63) is 56.7 Å². The maximum absolute atomic E-state index is 3.47. The van der Waals surface area contributed by atoms with Crippen LogP contribution in [0.15, 0.2) is 46.3 Å². The highest BCUT2D eigenvalue weighted by Gasteiger charge is 1.99. The SMILES string of the molecule is Brc1csc(C[NH2+]CCc2ccccc2)c1. The van der Waals surface area contributed by atoms with Crippen LogP contribution in [0.1, 0.15) is 10.4 Å². The number of hydrogen-bond donors (Lipinski definition) is 1. The van der Waals surface area contributed by atoms with Crippen molar-refractivity contribution in [3.8, 4) is 0 Å². The van der Waals surface area contributed by atoms with Gasteiger partial charge < -0.3 is 5.32 Å². The molecule has 0 aliphatic rings. The summed E-state index contributed by atoms with van der Waals surface area (Å²) in [6, 6.07) is 12.8. The van der Waals surface area contributed by atoms with Crippen molar-refractivity contribution >= 4 is 27.3 Å². The predicted molar refractivity (Wildman–Crippen MR) is 72.7 cm³/mol. The van der Waals surface area contributed by atoms with Crippen LogP contribution in [0.5, 0.6) is 0 Å². The van der Waals surface area contributed by atoms with Crippen LogP contribution in [0.2, 0.25) is 0 Å². The second-order valence-electron chi connectivity index (χ2n) is 3.75. The first-order valence-corrected chi connectivity index (χ1v) is 7.10. The van der Waals surface area contributed by atoms with Gasteiger partial charge in [0.1, 0.15) is 6.54 Å². The van der Waals surface area contributed by atoms with E-state index in [9.17, 15) is 0 Å². The second-order valence-corrected chi connectivity index (χ2v) is 5.66. The summed E-state index contributed by atoms with van der Waals surface area (Å²) in [6.07, 6.45) is 1.15. The smallest absolute Gasteiger partial charge is 0.111 e. The summed E-state index contributed by atoms with van der Waals surface area (Å²) >= 11 is 5.29. The third-order valence-corrected chi connectivity index (χ3v) is 4.17. The molecule has 1 aromatic heterocycles. The van der Waals surface area contributed by atoms with Crippen LogP contribution in [0, 0.1) is 0 Å². The number of rotatable bonds is 5. The van der Waals surface area contributed by atoms with Gasteiger partial charge in [-0.25, -0.2) is 0 Å². The van der Waals surface area contributed by atoms with E-state index in [0.717, 1.165) is 19.5 Å². The number of nitrogens with two attached hydrogens (primary N) is 1. The maximum atomic E-state index is 3.47. The second kappa shape index (κ2) is 6.18. The molecule has 0 amide bonds. The fraction of sp³-hybridized carbons (Fsp3) is 0.231. The summed E-state index contributed by atoms with van der Waals surface area (Å²) in [7, 11) is 0. The molecule has 1 heterocycles. The van der Waals surface area contributed by atoms with E-state index in [-0.39, 0.29) is 0 Å². The van der Waals surface area contributed by atoms with Gasteiger partial charge in [-0.2, -0.15) is 0 Å².